The van der Waals surface area contributed by atoms with Crippen molar-refractivity contribution in [3.8, 4) is 11.6 Å². The Morgan fingerprint density at radius 2 is 1.81 bits per heavy atom. The highest BCUT2D eigenvalue weighted by Gasteiger charge is 2.11. The summed E-state index contributed by atoms with van der Waals surface area (Å²) in [5, 5.41) is 0.975. The van der Waals surface area contributed by atoms with Crippen molar-refractivity contribution in [2.45, 2.75) is 0 Å². The van der Waals surface area contributed by atoms with E-state index in [0.717, 1.165) is 15.4 Å². The minimum Gasteiger partial charge on any atom is -0.438 e. The van der Waals surface area contributed by atoms with E-state index in [-0.39, 0.29) is 4.99 Å². The van der Waals surface area contributed by atoms with Crippen LogP contribution in [-0.2, 0) is 0 Å². The maximum absolute atomic E-state index is 5.83. The summed E-state index contributed by atoms with van der Waals surface area (Å²) in [6.07, 6.45) is 0. The zero-order chi connectivity index (χ0) is 14.8. The Hall–Kier alpha value is -1.98. The van der Waals surface area contributed by atoms with Crippen molar-refractivity contribution < 1.29 is 4.74 Å². The fourth-order valence-corrected chi connectivity index (χ4v) is 2.38. The Morgan fingerprint density at radius 3 is 2.52 bits per heavy atom. The molecule has 0 atom stereocenters. The number of pyridine rings is 1. The number of thiocarbonyl (C=S) groups is 1. The van der Waals surface area contributed by atoms with Gasteiger partial charge in [-0.2, -0.15) is 0 Å². The van der Waals surface area contributed by atoms with Crippen molar-refractivity contribution >= 4 is 44.0 Å². The standard InChI is InChI=1S/C16H11BrN2OS/c17-11-5-7-12(8-6-11)20-16-13(15(18)21)9-10-3-1-2-4-14(10)19-16/h1-9H,(H2,18,21). The van der Waals surface area contributed by atoms with Gasteiger partial charge in [0, 0.05) is 9.86 Å². The van der Waals surface area contributed by atoms with Gasteiger partial charge in [0.1, 0.15) is 10.7 Å². The Labute approximate surface area is 135 Å². The normalized spacial score (nSPS) is 10.5. The molecule has 0 spiro atoms. The van der Waals surface area contributed by atoms with Crippen molar-refractivity contribution in [1.29, 1.82) is 0 Å². The van der Waals surface area contributed by atoms with E-state index in [2.05, 4.69) is 20.9 Å². The highest BCUT2D eigenvalue weighted by molar-refractivity contribution is 9.10. The number of hydrogen-bond acceptors (Lipinski definition) is 3. The summed E-state index contributed by atoms with van der Waals surface area (Å²) in [6, 6.07) is 17.2. The Kier molecular flexibility index (Phi) is 3.86. The molecule has 0 radical (unpaired) electrons. The van der Waals surface area contributed by atoms with Gasteiger partial charge < -0.3 is 10.5 Å². The van der Waals surface area contributed by atoms with Crippen molar-refractivity contribution in [3.63, 3.8) is 0 Å². The third kappa shape index (κ3) is 3.04. The topological polar surface area (TPSA) is 48.1 Å². The SMILES string of the molecule is NC(=S)c1cc2ccccc2nc1Oc1ccc(Br)cc1. The number of aromatic nitrogens is 1. The van der Waals surface area contributed by atoms with Gasteiger partial charge in [-0.1, -0.05) is 46.3 Å². The summed E-state index contributed by atoms with van der Waals surface area (Å²) in [7, 11) is 0. The van der Waals surface area contributed by atoms with E-state index in [1.165, 1.54) is 0 Å². The summed E-state index contributed by atoms with van der Waals surface area (Å²) < 4.78 is 6.82. The van der Waals surface area contributed by atoms with Crippen LogP contribution in [0.2, 0.25) is 0 Å². The lowest BCUT2D eigenvalue weighted by Crippen LogP contribution is -2.11. The van der Waals surface area contributed by atoms with Gasteiger partial charge in [0.2, 0.25) is 5.88 Å². The minimum atomic E-state index is 0.264. The van der Waals surface area contributed by atoms with Crippen molar-refractivity contribution in [1.82, 2.24) is 4.98 Å². The molecule has 0 amide bonds. The third-order valence-electron chi connectivity index (χ3n) is 2.98. The van der Waals surface area contributed by atoms with Gasteiger partial charge in [-0.25, -0.2) is 4.98 Å². The molecule has 0 aliphatic rings. The van der Waals surface area contributed by atoms with E-state index in [1.54, 1.807) is 0 Å². The van der Waals surface area contributed by atoms with Crippen LogP contribution in [-0.4, -0.2) is 9.97 Å². The van der Waals surface area contributed by atoms with Crippen LogP contribution < -0.4 is 10.5 Å². The molecule has 3 nitrogen and oxygen atoms in total. The van der Waals surface area contributed by atoms with Crippen LogP contribution in [0.1, 0.15) is 5.56 Å². The second-order valence-electron chi connectivity index (χ2n) is 4.45. The molecule has 104 valence electrons. The molecule has 0 bridgehead atoms. The predicted molar refractivity (Wildman–Crippen MR) is 91.8 cm³/mol. The van der Waals surface area contributed by atoms with Gasteiger partial charge >= 0.3 is 0 Å². The second-order valence-corrected chi connectivity index (χ2v) is 5.81. The highest BCUT2D eigenvalue weighted by atomic mass is 79.9. The van der Waals surface area contributed by atoms with Gasteiger partial charge in [0.05, 0.1) is 11.1 Å². The molecule has 3 aromatic rings. The Bertz CT molecular complexity index is 818. The fourth-order valence-electron chi connectivity index (χ4n) is 1.97. The van der Waals surface area contributed by atoms with E-state index in [0.29, 0.717) is 17.2 Å². The van der Waals surface area contributed by atoms with E-state index in [1.807, 2.05) is 54.6 Å². The minimum absolute atomic E-state index is 0.264. The number of ether oxygens (including phenoxy) is 1. The number of nitrogens with zero attached hydrogens (tertiary/aromatic N) is 1. The number of para-hydroxylation sites is 1. The first-order chi connectivity index (χ1) is 10.1. The van der Waals surface area contributed by atoms with E-state index < -0.39 is 0 Å². The molecule has 3 rings (SSSR count). The molecular formula is C16H11BrN2OS. The highest BCUT2D eigenvalue weighted by Crippen LogP contribution is 2.27. The maximum atomic E-state index is 5.83. The van der Waals surface area contributed by atoms with Crippen LogP contribution in [0, 0.1) is 0 Å². The first-order valence-electron chi connectivity index (χ1n) is 6.26. The maximum Gasteiger partial charge on any atom is 0.230 e. The molecule has 0 aliphatic carbocycles. The lowest BCUT2D eigenvalue weighted by molar-refractivity contribution is 0.464. The average Bonchev–Trinajstić information content (AvgIpc) is 2.48. The number of halogens is 1. The summed E-state index contributed by atoms with van der Waals surface area (Å²) in [5.74, 6) is 1.10. The molecule has 1 heterocycles. The van der Waals surface area contributed by atoms with Gasteiger partial charge in [-0.15, -0.1) is 0 Å². The van der Waals surface area contributed by atoms with Gasteiger partial charge in [-0.05, 0) is 36.4 Å². The zero-order valence-corrected chi connectivity index (χ0v) is 13.3. The smallest absolute Gasteiger partial charge is 0.230 e. The number of benzene rings is 2. The molecule has 0 aliphatic heterocycles. The quantitative estimate of drug-likeness (QED) is 0.703. The van der Waals surface area contributed by atoms with Crippen LogP contribution >= 0.6 is 28.1 Å². The number of rotatable bonds is 3. The lowest BCUT2D eigenvalue weighted by atomic mass is 10.1. The molecule has 0 saturated heterocycles. The lowest BCUT2D eigenvalue weighted by Gasteiger charge is -2.11. The third-order valence-corrected chi connectivity index (χ3v) is 3.73. The number of hydrogen-bond donors (Lipinski definition) is 1. The van der Waals surface area contributed by atoms with Gasteiger partial charge in [-0.3, -0.25) is 0 Å². The van der Waals surface area contributed by atoms with Crippen molar-refractivity contribution in [2.24, 2.45) is 5.73 Å². The Morgan fingerprint density at radius 1 is 1.10 bits per heavy atom. The van der Waals surface area contributed by atoms with Crippen molar-refractivity contribution in [2.75, 3.05) is 0 Å². The number of nitrogens with two attached hydrogens (primary N) is 1. The fraction of sp³-hybridized carbons (Fsp3) is 0. The summed E-state index contributed by atoms with van der Waals surface area (Å²) in [5.41, 5.74) is 7.26. The number of fused-ring (bicyclic) bond motifs is 1. The summed E-state index contributed by atoms with van der Waals surface area (Å²) in [6.45, 7) is 0. The van der Waals surface area contributed by atoms with Gasteiger partial charge in [0.15, 0.2) is 0 Å². The van der Waals surface area contributed by atoms with E-state index in [9.17, 15) is 0 Å². The molecule has 5 heteroatoms. The monoisotopic (exact) mass is 358 g/mol. The Balaban J connectivity index is 2.09. The predicted octanol–water partition coefficient (Wildman–Crippen LogP) is 4.42. The van der Waals surface area contributed by atoms with E-state index in [4.69, 9.17) is 22.7 Å². The van der Waals surface area contributed by atoms with Crippen LogP contribution in [0.25, 0.3) is 10.9 Å². The molecule has 1 aromatic heterocycles. The first-order valence-corrected chi connectivity index (χ1v) is 7.46. The molecule has 0 fully saturated rings. The largest absolute Gasteiger partial charge is 0.438 e. The average molecular weight is 359 g/mol. The molecule has 2 N–H and O–H groups in total. The van der Waals surface area contributed by atoms with Crippen LogP contribution in [0.4, 0.5) is 0 Å². The molecule has 21 heavy (non-hydrogen) atoms. The molecular weight excluding hydrogens is 348 g/mol. The van der Waals surface area contributed by atoms with Gasteiger partial charge in [0.25, 0.3) is 0 Å². The molecule has 0 unspecified atom stereocenters. The molecule has 0 saturated carbocycles. The van der Waals surface area contributed by atoms with Crippen LogP contribution in [0.15, 0.2) is 59.1 Å². The molecule has 2 aromatic carbocycles. The second kappa shape index (κ2) is 5.79. The van der Waals surface area contributed by atoms with E-state index >= 15 is 0 Å². The first kappa shape index (κ1) is 14.0. The summed E-state index contributed by atoms with van der Waals surface area (Å²) >= 11 is 8.49. The van der Waals surface area contributed by atoms with Crippen LogP contribution in [0.3, 0.4) is 0 Å². The zero-order valence-electron chi connectivity index (χ0n) is 10.9. The summed E-state index contributed by atoms with van der Waals surface area (Å²) in [4.78, 5) is 4.78. The van der Waals surface area contributed by atoms with Crippen molar-refractivity contribution in [3.05, 3.63) is 64.6 Å². The van der Waals surface area contributed by atoms with Crippen LogP contribution in [0.5, 0.6) is 11.6 Å².